The minimum Gasteiger partial charge on any atom is -0.421 e. The minimum absolute atomic E-state index is 0.505. The van der Waals surface area contributed by atoms with Gasteiger partial charge in [0.25, 0.3) is 0 Å². The molecule has 0 N–H and O–H groups in total. The Kier molecular flexibility index (Phi) is 5.26. The highest BCUT2D eigenvalue weighted by molar-refractivity contribution is 9.10. The van der Waals surface area contributed by atoms with E-state index >= 15 is 0 Å². The number of hydrogen-bond acceptors (Lipinski definition) is 3. The van der Waals surface area contributed by atoms with Gasteiger partial charge in [-0.05, 0) is 40.5 Å². The highest BCUT2D eigenvalue weighted by Crippen LogP contribution is 2.25. The molecule has 1 heterocycles. The molecule has 0 aliphatic rings. The van der Waals surface area contributed by atoms with Gasteiger partial charge in [-0.15, -0.1) is 10.2 Å². The van der Waals surface area contributed by atoms with Gasteiger partial charge in [0, 0.05) is 10.5 Å². The number of aromatic nitrogens is 2. The number of hydrogen-bond donors (Lipinski definition) is 0. The lowest BCUT2D eigenvalue weighted by atomic mass is 9.99. The average Bonchev–Trinajstić information content (AvgIpc) is 3.16. The third-order valence-corrected chi connectivity index (χ3v) is 4.73. The first kappa shape index (κ1) is 17.4. The molecule has 4 aromatic rings. The van der Waals surface area contributed by atoms with Crippen LogP contribution in [0.4, 0.5) is 0 Å². The van der Waals surface area contributed by atoms with Crippen LogP contribution in [0, 0.1) is 0 Å². The molecule has 0 saturated carbocycles. The van der Waals surface area contributed by atoms with Crippen LogP contribution >= 0.6 is 15.9 Å². The summed E-state index contributed by atoms with van der Waals surface area (Å²) < 4.78 is 6.82. The summed E-state index contributed by atoms with van der Waals surface area (Å²) >= 11 is 3.44. The van der Waals surface area contributed by atoms with Crippen LogP contribution in [0.1, 0.15) is 22.9 Å². The van der Waals surface area contributed by atoms with Crippen LogP contribution in [0.25, 0.3) is 23.3 Å². The zero-order chi connectivity index (χ0) is 18.5. The van der Waals surface area contributed by atoms with E-state index in [-0.39, 0.29) is 0 Å². The van der Waals surface area contributed by atoms with Gasteiger partial charge in [-0.1, -0.05) is 82.7 Å². The lowest BCUT2D eigenvalue weighted by molar-refractivity contribution is 0.496. The van der Waals surface area contributed by atoms with Gasteiger partial charge < -0.3 is 4.42 Å². The van der Waals surface area contributed by atoms with Crippen LogP contribution in [-0.4, -0.2) is 10.2 Å². The Labute approximate surface area is 166 Å². The summed E-state index contributed by atoms with van der Waals surface area (Å²) in [6.45, 7) is 0. The molecule has 3 nitrogen and oxygen atoms in total. The van der Waals surface area contributed by atoms with E-state index in [0.29, 0.717) is 18.2 Å². The second-order valence-corrected chi connectivity index (χ2v) is 7.04. The van der Waals surface area contributed by atoms with Crippen molar-refractivity contribution in [3.8, 4) is 11.1 Å². The van der Waals surface area contributed by atoms with Crippen molar-refractivity contribution in [1.29, 1.82) is 0 Å². The molecular weight excluding hydrogens is 400 g/mol. The summed E-state index contributed by atoms with van der Waals surface area (Å²) in [5, 5.41) is 8.28. The largest absolute Gasteiger partial charge is 0.421 e. The molecule has 1 aromatic heterocycles. The molecule has 132 valence electrons. The first-order chi connectivity index (χ1) is 13.3. The van der Waals surface area contributed by atoms with Gasteiger partial charge in [0.15, 0.2) is 0 Å². The predicted molar refractivity (Wildman–Crippen MR) is 112 cm³/mol. The van der Waals surface area contributed by atoms with Gasteiger partial charge in [0.2, 0.25) is 11.8 Å². The molecule has 27 heavy (non-hydrogen) atoms. The second-order valence-electron chi connectivity index (χ2n) is 6.12. The van der Waals surface area contributed by atoms with E-state index in [2.05, 4.69) is 50.4 Å². The summed E-state index contributed by atoms with van der Waals surface area (Å²) in [6, 6.07) is 26.7. The summed E-state index contributed by atoms with van der Waals surface area (Å²) in [5.74, 6) is 1.11. The standard InChI is InChI=1S/C23H17BrN2O/c24-20-13-10-17(11-14-20)16-23-26-25-22(27-23)15-12-19-8-4-5-9-21(19)18-6-2-1-3-7-18/h1-15H,16H2/b15-12+. The summed E-state index contributed by atoms with van der Waals surface area (Å²) in [5.41, 5.74) is 4.59. The molecule has 3 aromatic carbocycles. The fourth-order valence-corrected chi connectivity index (χ4v) is 3.13. The molecule has 4 heteroatoms. The van der Waals surface area contributed by atoms with Crippen molar-refractivity contribution >= 4 is 28.1 Å². The monoisotopic (exact) mass is 416 g/mol. The molecule has 0 unspecified atom stereocenters. The van der Waals surface area contributed by atoms with Gasteiger partial charge in [-0.2, -0.15) is 0 Å². The molecule has 0 radical (unpaired) electrons. The molecule has 4 rings (SSSR count). The van der Waals surface area contributed by atoms with Crippen molar-refractivity contribution in [2.45, 2.75) is 6.42 Å². The fourth-order valence-electron chi connectivity index (χ4n) is 2.87. The van der Waals surface area contributed by atoms with E-state index in [1.54, 1.807) is 0 Å². The molecule has 0 amide bonds. The fraction of sp³-hybridized carbons (Fsp3) is 0.0435. The predicted octanol–water partition coefficient (Wildman–Crippen LogP) is 6.26. The van der Waals surface area contributed by atoms with E-state index in [1.807, 2.05) is 66.7 Å². The van der Waals surface area contributed by atoms with Gasteiger partial charge in [0.05, 0.1) is 6.42 Å². The zero-order valence-corrected chi connectivity index (χ0v) is 16.1. The molecule has 0 bridgehead atoms. The Morgan fingerprint density at radius 1 is 0.778 bits per heavy atom. The van der Waals surface area contributed by atoms with E-state index in [0.717, 1.165) is 15.6 Å². The highest BCUT2D eigenvalue weighted by atomic mass is 79.9. The minimum atomic E-state index is 0.505. The molecular formula is C23H17BrN2O. The van der Waals surface area contributed by atoms with E-state index in [4.69, 9.17) is 4.42 Å². The maximum atomic E-state index is 5.76. The van der Waals surface area contributed by atoms with Crippen LogP contribution < -0.4 is 0 Å². The quantitative estimate of drug-likeness (QED) is 0.385. The molecule has 0 saturated heterocycles. The molecule has 0 aliphatic heterocycles. The van der Waals surface area contributed by atoms with Gasteiger partial charge in [0.1, 0.15) is 0 Å². The molecule has 0 fully saturated rings. The smallest absolute Gasteiger partial charge is 0.240 e. The van der Waals surface area contributed by atoms with Gasteiger partial charge in [-0.3, -0.25) is 0 Å². The van der Waals surface area contributed by atoms with Crippen LogP contribution in [0.3, 0.4) is 0 Å². The number of benzene rings is 3. The molecule has 0 aliphatic carbocycles. The van der Waals surface area contributed by atoms with Crippen molar-refractivity contribution < 1.29 is 4.42 Å². The molecule has 0 spiro atoms. The van der Waals surface area contributed by atoms with Crippen LogP contribution in [0.5, 0.6) is 0 Å². The Morgan fingerprint density at radius 3 is 2.33 bits per heavy atom. The van der Waals surface area contributed by atoms with Crippen molar-refractivity contribution in [1.82, 2.24) is 10.2 Å². The van der Waals surface area contributed by atoms with Gasteiger partial charge >= 0.3 is 0 Å². The van der Waals surface area contributed by atoms with E-state index in [9.17, 15) is 0 Å². The van der Waals surface area contributed by atoms with Crippen LogP contribution in [0.15, 0.2) is 87.8 Å². The normalized spacial score (nSPS) is 11.1. The Balaban J connectivity index is 1.53. The van der Waals surface area contributed by atoms with Crippen LogP contribution in [-0.2, 0) is 6.42 Å². The summed E-state index contributed by atoms with van der Waals surface area (Å²) in [6.07, 6.45) is 4.49. The zero-order valence-electron chi connectivity index (χ0n) is 14.5. The summed E-state index contributed by atoms with van der Waals surface area (Å²) in [7, 11) is 0. The van der Waals surface area contributed by atoms with Crippen molar-refractivity contribution in [2.75, 3.05) is 0 Å². The Hall–Kier alpha value is -2.98. The van der Waals surface area contributed by atoms with Gasteiger partial charge in [-0.25, -0.2) is 0 Å². The average molecular weight is 417 g/mol. The van der Waals surface area contributed by atoms with E-state index < -0.39 is 0 Å². The summed E-state index contributed by atoms with van der Waals surface area (Å²) in [4.78, 5) is 0. The molecule has 0 atom stereocenters. The second kappa shape index (κ2) is 8.14. The van der Waals surface area contributed by atoms with Crippen LogP contribution in [0.2, 0.25) is 0 Å². The topological polar surface area (TPSA) is 38.9 Å². The maximum absolute atomic E-state index is 5.76. The van der Waals surface area contributed by atoms with Crippen molar-refractivity contribution in [3.05, 3.63) is 106 Å². The van der Waals surface area contributed by atoms with Crippen molar-refractivity contribution in [2.24, 2.45) is 0 Å². The SMILES string of the molecule is Brc1ccc(Cc2nnc(/C=C/c3ccccc3-c3ccccc3)o2)cc1. The third-order valence-electron chi connectivity index (χ3n) is 4.20. The first-order valence-corrected chi connectivity index (χ1v) is 9.46. The lowest BCUT2D eigenvalue weighted by Crippen LogP contribution is -1.87. The Bertz CT molecular complexity index is 1050. The third kappa shape index (κ3) is 4.41. The first-order valence-electron chi connectivity index (χ1n) is 8.67. The highest BCUT2D eigenvalue weighted by Gasteiger charge is 2.06. The van der Waals surface area contributed by atoms with E-state index in [1.165, 1.54) is 11.1 Å². The van der Waals surface area contributed by atoms with Crippen molar-refractivity contribution in [3.63, 3.8) is 0 Å². The number of nitrogens with zero attached hydrogens (tertiary/aromatic N) is 2. The maximum Gasteiger partial charge on any atom is 0.240 e. The Morgan fingerprint density at radius 2 is 1.52 bits per heavy atom. The lowest BCUT2D eigenvalue weighted by Gasteiger charge is -2.05. The number of halogens is 1. The number of rotatable bonds is 5.